The zero-order valence-electron chi connectivity index (χ0n) is 12.3. The number of rotatable bonds is 4. The molecule has 0 amide bonds. The van der Waals surface area contributed by atoms with E-state index in [1.807, 2.05) is 0 Å². The number of carbonyl (C=O) groups excluding carboxylic acids is 1. The van der Waals surface area contributed by atoms with Gasteiger partial charge in [-0.3, -0.25) is 10.1 Å². The molecule has 122 valence electrons. The van der Waals surface area contributed by atoms with Gasteiger partial charge in [-0.25, -0.2) is 0 Å². The maximum absolute atomic E-state index is 13.2. The first-order chi connectivity index (χ1) is 10.3. The molecule has 0 fully saturated rings. The fourth-order valence-corrected chi connectivity index (χ4v) is 2.45. The van der Waals surface area contributed by atoms with Gasteiger partial charge >= 0.3 is 12.1 Å². The van der Waals surface area contributed by atoms with Crippen LogP contribution in [0.3, 0.4) is 0 Å². The first kappa shape index (κ1) is 16.6. The van der Waals surface area contributed by atoms with Gasteiger partial charge in [-0.05, 0) is 31.9 Å². The number of para-hydroxylation sites is 1. The Bertz CT molecular complexity index is 533. The number of ether oxygens (including phenoxy) is 2. The minimum absolute atomic E-state index is 0.129. The molecule has 0 radical (unpaired) electrons. The number of esters is 1. The summed E-state index contributed by atoms with van der Waals surface area (Å²) in [5.74, 6) is -0.353. The molecule has 1 aromatic carbocycles. The highest BCUT2D eigenvalue weighted by atomic mass is 19.4. The maximum Gasteiger partial charge on any atom is 0.426 e. The van der Waals surface area contributed by atoms with Crippen LogP contribution < -0.4 is 10.1 Å². The van der Waals surface area contributed by atoms with Crippen LogP contribution in [0.1, 0.15) is 19.4 Å². The van der Waals surface area contributed by atoms with Crippen molar-refractivity contribution in [3.8, 4) is 5.75 Å². The lowest BCUT2D eigenvalue weighted by Crippen LogP contribution is -2.57. The van der Waals surface area contributed by atoms with Crippen LogP contribution in [0.4, 0.5) is 13.2 Å². The number of carbonyl (C=O) groups is 1. The average molecular weight is 317 g/mol. The second-order valence-corrected chi connectivity index (χ2v) is 5.14. The van der Waals surface area contributed by atoms with Crippen LogP contribution in [0.15, 0.2) is 24.3 Å². The summed E-state index contributed by atoms with van der Waals surface area (Å²) in [5.41, 5.74) is 0.677. The lowest BCUT2D eigenvalue weighted by atomic mass is 9.96. The molecule has 1 unspecified atom stereocenters. The number of benzene rings is 1. The third-order valence-electron chi connectivity index (χ3n) is 3.46. The molecule has 3 atom stereocenters. The Kier molecular flexibility index (Phi) is 4.95. The van der Waals surface area contributed by atoms with Gasteiger partial charge in [0.05, 0.1) is 12.6 Å². The molecule has 1 aliphatic rings. The molecule has 0 aromatic heterocycles. The predicted molar refractivity (Wildman–Crippen MR) is 73.6 cm³/mol. The second-order valence-electron chi connectivity index (χ2n) is 5.14. The van der Waals surface area contributed by atoms with E-state index in [1.54, 1.807) is 25.1 Å². The smallest absolute Gasteiger partial charge is 0.426 e. The van der Waals surface area contributed by atoms with Crippen LogP contribution in [0, 0.1) is 0 Å². The fourth-order valence-electron chi connectivity index (χ4n) is 2.45. The summed E-state index contributed by atoms with van der Waals surface area (Å²) in [6.45, 7) is 3.30. The third-order valence-corrected chi connectivity index (χ3v) is 3.46. The molecule has 0 aliphatic carbocycles. The molecule has 2 rings (SSSR count). The first-order valence-electron chi connectivity index (χ1n) is 7.07. The zero-order valence-corrected chi connectivity index (χ0v) is 12.3. The largest absolute Gasteiger partial charge is 0.479 e. The average Bonchev–Trinajstić information content (AvgIpc) is 2.45. The summed E-state index contributed by atoms with van der Waals surface area (Å²) in [4.78, 5) is 11.6. The Labute approximate surface area is 126 Å². The lowest BCUT2D eigenvalue weighted by Gasteiger charge is -2.36. The minimum Gasteiger partial charge on any atom is -0.479 e. The number of nitrogens with one attached hydrogen (secondary N) is 1. The standard InChI is InChI=1S/C15H18F3NO3/c1-3-21-14(20)9(2)19-11-8-10-6-4-5-7-12(10)22-13(11)15(16,17)18/h4-7,9,11,13,19H,3,8H2,1-2H3/t9?,11-,13-/m1/s1. The summed E-state index contributed by atoms with van der Waals surface area (Å²) in [6.07, 6.45) is -6.40. The summed E-state index contributed by atoms with van der Waals surface area (Å²) >= 11 is 0. The van der Waals surface area contributed by atoms with Gasteiger partial charge in [0.15, 0.2) is 0 Å². The zero-order chi connectivity index (χ0) is 16.3. The van der Waals surface area contributed by atoms with Crippen LogP contribution in [0.25, 0.3) is 0 Å². The fraction of sp³-hybridized carbons (Fsp3) is 0.533. The van der Waals surface area contributed by atoms with E-state index in [-0.39, 0.29) is 18.8 Å². The van der Waals surface area contributed by atoms with Crippen molar-refractivity contribution in [3.63, 3.8) is 0 Å². The van der Waals surface area contributed by atoms with Crippen molar-refractivity contribution in [1.29, 1.82) is 0 Å². The highest BCUT2D eigenvalue weighted by molar-refractivity contribution is 5.75. The van der Waals surface area contributed by atoms with Gasteiger partial charge in [-0.15, -0.1) is 0 Å². The van der Waals surface area contributed by atoms with Crippen LogP contribution >= 0.6 is 0 Å². The molecular weight excluding hydrogens is 299 g/mol. The topological polar surface area (TPSA) is 47.6 Å². The Morgan fingerprint density at radius 3 is 2.77 bits per heavy atom. The molecule has 0 saturated carbocycles. The molecule has 7 heteroatoms. The molecule has 0 bridgehead atoms. The maximum atomic E-state index is 13.2. The molecule has 4 nitrogen and oxygen atoms in total. The van der Waals surface area contributed by atoms with Crippen LogP contribution in [-0.4, -0.2) is 36.9 Å². The Morgan fingerprint density at radius 2 is 2.14 bits per heavy atom. The number of alkyl halides is 3. The lowest BCUT2D eigenvalue weighted by molar-refractivity contribution is -0.207. The minimum atomic E-state index is -4.53. The highest BCUT2D eigenvalue weighted by Crippen LogP contribution is 2.35. The van der Waals surface area contributed by atoms with E-state index in [9.17, 15) is 18.0 Å². The van der Waals surface area contributed by atoms with Gasteiger partial charge in [0, 0.05) is 0 Å². The summed E-state index contributed by atoms with van der Waals surface area (Å²) in [5, 5.41) is 2.68. The molecule has 0 spiro atoms. The number of hydrogen-bond donors (Lipinski definition) is 1. The van der Waals surface area contributed by atoms with Crippen molar-refractivity contribution in [2.75, 3.05) is 6.61 Å². The monoisotopic (exact) mass is 317 g/mol. The van der Waals surface area contributed by atoms with E-state index in [2.05, 4.69) is 5.32 Å². The van der Waals surface area contributed by atoms with E-state index in [4.69, 9.17) is 9.47 Å². The van der Waals surface area contributed by atoms with E-state index < -0.39 is 30.3 Å². The highest BCUT2D eigenvalue weighted by Gasteiger charge is 2.49. The van der Waals surface area contributed by atoms with Crippen LogP contribution in [-0.2, 0) is 16.0 Å². The van der Waals surface area contributed by atoms with Crippen molar-refractivity contribution in [2.45, 2.75) is 44.6 Å². The second kappa shape index (κ2) is 6.56. The third kappa shape index (κ3) is 3.71. The Hall–Kier alpha value is -1.76. The van der Waals surface area contributed by atoms with E-state index in [0.717, 1.165) is 0 Å². The SMILES string of the molecule is CCOC(=O)C(C)N[C@@H]1Cc2ccccc2O[C@H]1C(F)(F)F. The van der Waals surface area contributed by atoms with Gasteiger partial charge in [-0.1, -0.05) is 18.2 Å². The number of hydrogen-bond acceptors (Lipinski definition) is 4. The summed E-state index contributed by atoms with van der Waals surface area (Å²) < 4.78 is 49.5. The molecule has 1 aliphatic heterocycles. The molecule has 1 aromatic rings. The molecule has 0 saturated heterocycles. The van der Waals surface area contributed by atoms with Gasteiger partial charge in [0.2, 0.25) is 6.10 Å². The molecule has 1 N–H and O–H groups in total. The molecule has 1 heterocycles. The van der Waals surface area contributed by atoms with Crippen molar-refractivity contribution in [3.05, 3.63) is 29.8 Å². The summed E-state index contributed by atoms with van der Waals surface area (Å²) in [7, 11) is 0. The van der Waals surface area contributed by atoms with Gasteiger partial charge in [-0.2, -0.15) is 13.2 Å². The van der Waals surface area contributed by atoms with Crippen molar-refractivity contribution in [2.24, 2.45) is 0 Å². The number of halogens is 3. The van der Waals surface area contributed by atoms with Gasteiger partial charge < -0.3 is 9.47 Å². The van der Waals surface area contributed by atoms with E-state index in [1.165, 1.54) is 13.0 Å². The predicted octanol–water partition coefficient (Wildman–Crippen LogP) is 2.46. The van der Waals surface area contributed by atoms with Crippen molar-refractivity contribution in [1.82, 2.24) is 5.32 Å². The molecule has 22 heavy (non-hydrogen) atoms. The normalized spacial score (nSPS) is 22.4. The Balaban J connectivity index is 2.18. The molecular formula is C15H18F3NO3. The quantitative estimate of drug-likeness (QED) is 0.867. The summed E-state index contributed by atoms with van der Waals surface area (Å²) in [6, 6.07) is 4.70. The van der Waals surface area contributed by atoms with Crippen LogP contribution in [0.5, 0.6) is 5.75 Å². The van der Waals surface area contributed by atoms with Gasteiger partial charge in [0.25, 0.3) is 0 Å². The van der Waals surface area contributed by atoms with Crippen molar-refractivity contribution < 1.29 is 27.4 Å². The van der Waals surface area contributed by atoms with Crippen molar-refractivity contribution >= 4 is 5.97 Å². The van der Waals surface area contributed by atoms with E-state index >= 15 is 0 Å². The first-order valence-corrected chi connectivity index (χ1v) is 7.07. The Morgan fingerprint density at radius 1 is 1.45 bits per heavy atom. The van der Waals surface area contributed by atoms with E-state index in [0.29, 0.717) is 5.56 Å². The van der Waals surface area contributed by atoms with Gasteiger partial charge in [0.1, 0.15) is 11.8 Å². The number of fused-ring (bicyclic) bond motifs is 1. The van der Waals surface area contributed by atoms with Crippen LogP contribution in [0.2, 0.25) is 0 Å².